The second-order valence-corrected chi connectivity index (χ2v) is 3.80. The van der Waals surface area contributed by atoms with Crippen molar-refractivity contribution in [2.24, 2.45) is 5.73 Å². The number of methoxy groups -OCH3 is 1. The zero-order chi connectivity index (χ0) is 12.1. The standard InChI is InChI=1S/C12H18N2O2/c1-8(13)12(15)14-9(2)10-5-4-6-11(7-10)16-3/h4-9H,13H2,1-3H3,(H,14,15)/t8-,9?/m0/s1. The number of ether oxygens (including phenoxy) is 1. The molecule has 0 aromatic heterocycles. The van der Waals surface area contributed by atoms with E-state index in [0.717, 1.165) is 11.3 Å². The van der Waals surface area contributed by atoms with E-state index in [1.165, 1.54) is 0 Å². The minimum Gasteiger partial charge on any atom is -0.497 e. The van der Waals surface area contributed by atoms with E-state index in [0.29, 0.717) is 0 Å². The molecule has 0 fully saturated rings. The number of carbonyl (C=O) groups is 1. The van der Waals surface area contributed by atoms with Gasteiger partial charge in [-0.3, -0.25) is 4.79 Å². The van der Waals surface area contributed by atoms with Gasteiger partial charge in [-0.1, -0.05) is 12.1 Å². The fourth-order valence-electron chi connectivity index (χ4n) is 1.34. The zero-order valence-corrected chi connectivity index (χ0v) is 9.86. The van der Waals surface area contributed by atoms with Crippen LogP contribution < -0.4 is 15.8 Å². The Morgan fingerprint density at radius 2 is 2.12 bits per heavy atom. The second-order valence-electron chi connectivity index (χ2n) is 3.80. The predicted molar refractivity (Wildman–Crippen MR) is 63.2 cm³/mol. The summed E-state index contributed by atoms with van der Waals surface area (Å²) in [4.78, 5) is 11.4. The molecule has 0 bridgehead atoms. The van der Waals surface area contributed by atoms with Crippen LogP contribution in [0.1, 0.15) is 25.5 Å². The maximum atomic E-state index is 11.4. The summed E-state index contributed by atoms with van der Waals surface area (Å²) in [5, 5.41) is 2.83. The number of nitrogens with one attached hydrogen (secondary N) is 1. The molecule has 0 spiro atoms. The molecule has 2 atom stereocenters. The first-order valence-corrected chi connectivity index (χ1v) is 5.24. The Hall–Kier alpha value is -1.55. The highest BCUT2D eigenvalue weighted by Gasteiger charge is 2.12. The Labute approximate surface area is 95.8 Å². The maximum absolute atomic E-state index is 11.4. The molecule has 1 aromatic carbocycles. The highest BCUT2D eigenvalue weighted by Crippen LogP contribution is 2.18. The molecule has 0 saturated heterocycles. The number of hydrogen-bond acceptors (Lipinski definition) is 3. The van der Waals surface area contributed by atoms with E-state index >= 15 is 0 Å². The molecule has 0 heterocycles. The van der Waals surface area contributed by atoms with Gasteiger partial charge in [-0.25, -0.2) is 0 Å². The van der Waals surface area contributed by atoms with Crippen molar-refractivity contribution in [2.45, 2.75) is 25.9 Å². The van der Waals surface area contributed by atoms with E-state index in [9.17, 15) is 4.79 Å². The zero-order valence-electron chi connectivity index (χ0n) is 9.86. The molecule has 88 valence electrons. The molecule has 0 saturated carbocycles. The van der Waals surface area contributed by atoms with Gasteiger partial charge in [-0.2, -0.15) is 0 Å². The minimum absolute atomic E-state index is 0.0754. The van der Waals surface area contributed by atoms with Gasteiger partial charge in [-0.15, -0.1) is 0 Å². The lowest BCUT2D eigenvalue weighted by molar-refractivity contribution is -0.122. The third kappa shape index (κ3) is 3.24. The van der Waals surface area contributed by atoms with Crippen molar-refractivity contribution in [1.29, 1.82) is 0 Å². The van der Waals surface area contributed by atoms with Crippen LogP contribution in [0.2, 0.25) is 0 Å². The molecule has 0 aliphatic rings. The average Bonchev–Trinajstić information content (AvgIpc) is 2.28. The number of nitrogens with two attached hydrogens (primary N) is 1. The first-order chi connectivity index (χ1) is 7.54. The molecule has 0 aliphatic heterocycles. The average molecular weight is 222 g/mol. The van der Waals surface area contributed by atoms with Crippen molar-refractivity contribution >= 4 is 5.91 Å². The molecule has 1 unspecified atom stereocenters. The molecule has 4 nitrogen and oxygen atoms in total. The van der Waals surface area contributed by atoms with Gasteiger partial charge in [0.25, 0.3) is 0 Å². The van der Waals surface area contributed by atoms with E-state index in [-0.39, 0.29) is 11.9 Å². The van der Waals surface area contributed by atoms with Crippen LogP contribution in [0.5, 0.6) is 5.75 Å². The molecule has 16 heavy (non-hydrogen) atoms. The fourth-order valence-corrected chi connectivity index (χ4v) is 1.34. The summed E-state index contributed by atoms with van der Waals surface area (Å²) >= 11 is 0. The Bertz CT molecular complexity index is 364. The minimum atomic E-state index is -0.493. The van der Waals surface area contributed by atoms with Crippen molar-refractivity contribution in [1.82, 2.24) is 5.32 Å². The topological polar surface area (TPSA) is 64.3 Å². The van der Waals surface area contributed by atoms with Crippen molar-refractivity contribution in [3.63, 3.8) is 0 Å². The van der Waals surface area contributed by atoms with Crippen molar-refractivity contribution in [3.8, 4) is 5.75 Å². The van der Waals surface area contributed by atoms with E-state index < -0.39 is 6.04 Å². The molecular formula is C12H18N2O2. The Kier molecular flexibility index (Phi) is 4.31. The monoisotopic (exact) mass is 222 g/mol. The molecule has 4 heteroatoms. The quantitative estimate of drug-likeness (QED) is 0.805. The number of amides is 1. The van der Waals surface area contributed by atoms with E-state index in [1.807, 2.05) is 31.2 Å². The van der Waals surface area contributed by atoms with Crippen molar-refractivity contribution in [2.75, 3.05) is 7.11 Å². The molecule has 1 amide bonds. The lowest BCUT2D eigenvalue weighted by Gasteiger charge is -2.16. The Morgan fingerprint density at radius 1 is 1.44 bits per heavy atom. The summed E-state index contributed by atoms with van der Waals surface area (Å²) < 4.78 is 5.12. The highest BCUT2D eigenvalue weighted by molar-refractivity contribution is 5.81. The Morgan fingerprint density at radius 3 is 2.69 bits per heavy atom. The van der Waals surface area contributed by atoms with E-state index in [4.69, 9.17) is 10.5 Å². The van der Waals surface area contributed by atoms with Gasteiger partial charge in [0, 0.05) is 0 Å². The molecule has 0 aliphatic carbocycles. The second kappa shape index (κ2) is 5.51. The van der Waals surface area contributed by atoms with Gasteiger partial charge < -0.3 is 15.8 Å². The Balaban J connectivity index is 2.72. The number of carbonyl (C=O) groups excluding carboxylic acids is 1. The molecular weight excluding hydrogens is 204 g/mol. The summed E-state index contributed by atoms with van der Waals surface area (Å²) in [5.74, 6) is 0.620. The van der Waals surface area contributed by atoms with Gasteiger partial charge in [0.15, 0.2) is 0 Å². The summed E-state index contributed by atoms with van der Waals surface area (Å²) in [6, 6.07) is 7.02. The third-order valence-electron chi connectivity index (χ3n) is 2.37. The number of rotatable bonds is 4. The summed E-state index contributed by atoms with van der Waals surface area (Å²) in [5.41, 5.74) is 6.48. The number of hydrogen-bond donors (Lipinski definition) is 2. The lowest BCUT2D eigenvalue weighted by Crippen LogP contribution is -2.39. The van der Waals surface area contributed by atoms with Gasteiger partial charge in [0.2, 0.25) is 5.91 Å². The van der Waals surface area contributed by atoms with Crippen molar-refractivity contribution in [3.05, 3.63) is 29.8 Å². The predicted octanol–water partition coefficient (Wildman–Crippen LogP) is 1.22. The van der Waals surface area contributed by atoms with Crippen LogP contribution in [0, 0.1) is 0 Å². The molecule has 0 radical (unpaired) electrons. The maximum Gasteiger partial charge on any atom is 0.237 e. The van der Waals surface area contributed by atoms with Crippen LogP contribution in [0.25, 0.3) is 0 Å². The van der Waals surface area contributed by atoms with Gasteiger partial charge >= 0.3 is 0 Å². The number of benzene rings is 1. The van der Waals surface area contributed by atoms with Gasteiger partial charge in [-0.05, 0) is 31.5 Å². The first-order valence-electron chi connectivity index (χ1n) is 5.24. The largest absolute Gasteiger partial charge is 0.497 e. The van der Waals surface area contributed by atoms with E-state index in [2.05, 4.69) is 5.32 Å². The molecule has 1 aromatic rings. The van der Waals surface area contributed by atoms with Crippen LogP contribution in [-0.4, -0.2) is 19.1 Å². The normalized spacial score (nSPS) is 14.0. The highest BCUT2D eigenvalue weighted by atomic mass is 16.5. The molecule has 3 N–H and O–H groups in total. The molecule has 1 rings (SSSR count). The third-order valence-corrected chi connectivity index (χ3v) is 2.37. The van der Waals surface area contributed by atoms with Crippen molar-refractivity contribution < 1.29 is 9.53 Å². The van der Waals surface area contributed by atoms with Crippen LogP contribution in [-0.2, 0) is 4.79 Å². The SMILES string of the molecule is COc1cccc(C(C)NC(=O)[C@H](C)N)c1. The van der Waals surface area contributed by atoms with Crippen LogP contribution in [0.15, 0.2) is 24.3 Å². The van der Waals surface area contributed by atoms with Gasteiger partial charge in [0.05, 0.1) is 19.2 Å². The van der Waals surface area contributed by atoms with Gasteiger partial charge in [0.1, 0.15) is 5.75 Å². The fraction of sp³-hybridized carbons (Fsp3) is 0.417. The van der Waals surface area contributed by atoms with E-state index in [1.54, 1.807) is 14.0 Å². The summed E-state index contributed by atoms with van der Waals surface area (Å²) in [7, 11) is 1.62. The summed E-state index contributed by atoms with van der Waals surface area (Å²) in [6.45, 7) is 3.57. The van der Waals surface area contributed by atoms with Crippen LogP contribution in [0.4, 0.5) is 0 Å². The first kappa shape index (κ1) is 12.5. The lowest BCUT2D eigenvalue weighted by atomic mass is 10.1. The van der Waals surface area contributed by atoms with Crippen LogP contribution in [0.3, 0.4) is 0 Å². The summed E-state index contributed by atoms with van der Waals surface area (Å²) in [6.07, 6.45) is 0. The smallest absolute Gasteiger partial charge is 0.237 e. The van der Waals surface area contributed by atoms with Crippen LogP contribution >= 0.6 is 0 Å².